The topological polar surface area (TPSA) is 124 Å². The monoisotopic (exact) mass is 506 g/mol. The fourth-order valence-corrected chi connectivity index (χ4v) is 2.86. The van der Waals surface area contributed by atoms with Crippen molar-refractivity contribution in [3.8, 4) is 16.9 Å². The average molecular weight is 506 g/mol. The van der Waals surface area contributed by atoms with Gasteiger partial charge in [-0.15, -0.1) is 0 Å². The summed E-state index contributed by atoms with van der Waals surface area (Å²) < 4.78 is 75.7. The zero-order valence-electron chi connectivity index (χ0n) is 18.2. The number of para-hydroxylation sites is 1. The number of rotatable bonds is 6. The number of anilines is 1. The van der Waals surface area contributed by atoms with Crippen molar-refractivity contribution in [2.75, 3.05) is 18.5 Å². The molecule has 0 aliphatic carbocycles. The molecule has 0 bridgehead atoms. The summed E-state index contributed by atoms with van der Waals surface area (Å²) in [6.45, 7) is -0.879. The van der Waals surface area contributed by atoms with E-state index in [1.54, 1.807) is 48.1 Å². The Hall–Kier alpha value is -3.81. The molecular weight excluding hydrogens is 486 g/mol. The number of carboxylic acid groups (broad SMARTS) is 1. The lowest BCUT2D eigenvalue weighted by Crippen LogP contribution is -2.51. The Morgan fingerprint density at radius 1 is 1.11 bits per heavy atom. The molecule has 0 atom stereocenters. The number of hydrogen-bond acceptors (Lipinski definition) is 5. The maximum Gasteiger partial charge on any atom is 0.430 e. The molecule has 1 heterocycles. The highest BCUT2D eigenvalue weighted by Crippen LogP contribution is 2.34. The van der Waals surface area contributed by atoms with E-state index < -0.39 is 24.9 Å². The largest absolute Gasteiger partial charge is 0.542 e. The van der Waals surface area contributed by atoms with Gasteiger partial charge < -0.3 is 25.7 Å². The molecule has 0 unspecified atom stereocenters. The predicted octanol–water partition coefficient (Wildman–Crippen LogP) is 2.05. The molecule has 1 amide bonds. The number of aromatic nitrogens is 2. The van der Waals surface area contributed by atoms with Gasteiger partial charge in [0.2, 0.25) is 5.91 Å². The second kappa shape index (κ2) is 11.1. The molecule has 0 radical (unpaired) electrons. The molecule has 190 valence electrons. The van der Waals surface area contributed by atoms with Crippen molar-refractivity contribution in [3.63, 3.8) is 0 Å². The van der Waals surface area contributed by atoms with Crippen LogP contribution in [0.1, 0.15) is 6.42 Å². The third-order valence-electron chi connectivity index (χ3n) is 4.33. The first-order valence-electron chi connectivity index (χ1n) is 9.86. The molecule has 1 aromatic heterocycles. The maximum absolute atomic E-state index is 12.5. The van der Waals surface area contributed by atoms with Crippen LogP contribution in [0.25, 0.3) is 22.0 Å². The number of aryl methyl sites for hydroxylation is 1. The van der Waals surface area contributed by atoms with Crippen LogP contribution in [-0.2, 0) is 16.6 Å². The number of carbonyl (C=O) groups is 2. The van der Waals surface area contributed by atoms with Crippen LogP contribution in [-0.4, -0.2) is 47.2 Å². The van der Waals surface area contributed by atoms with Gasteiger partial charge in [-0.1, -0.05) is 24.3 Å². The van der Waals surface area contributed by atoms with Gasteiger partial charge in [-0.2, -0.15) is 31.4 Å². The van der Waals surface area contributed by atoms with Gasteiger partial charge in [0.05, 0.1) is 18.5 Å². The molecule has 3 aromatic rings. The van der Waals surface area contributed by atoms with Crippen LogP contribution in [0.2, 0.25) is 0 Å². The van der Waals surface area contributed by atoms with Gasteiger partial charge in [-0.3, -0.25) is 9.48 Å². The highest BCUT2D eigenvalue weighted by molar-refractivity contribution is 6.01. The minimum atomic E-state index is -5.19. The molecule has 3 rings (SSSR count). The molecule has 0 spiro atoms. The average Bonchev–Trinajstić information content (AvgIpc) is 3.06. The highest BCUT2D eigenvalue weighted by Gasteiger charge is 2.29. The Bertz CT molecular complexity index is 1190. The van der Waals surface area contributed by atoms with E-state index in [1.165, 1.54) is 6.07 Å². The van der Waals surface area contributed by atoms with Crippen molar-refractivity contribution >= 4 is 28.6 Å². The molecule has 2 aromatic carbocycles. The van der Waals surface area contributed by atoms with E-state index in [9.17, 15) is 31.1 Å². The molecule has 0 saturated carbocycles. The molecule has 4 N–H and O–H groups in total. The molecule has 0 fully saturated rings. The normalized spacial score (nSPS) is 11.5. The van der Waals surface area contributed by atoms with E-state index in [4.69, 9.17) is 14.6 Å². The Kier molecular flexibility index (Phi) is 8.68. The van der Waals surface area contributed by atoms with E-state index in [0.29, 0.717) is 29.9 Å². The van der Waals surface area contributed by atoms with Gasteiger partial charge in [-0.25, -0.2) is 0 Å². The minimum Gasteiger partial charge on any atom is -0.542 e. The Labute approximate surface area is 194 Å². The third-order valence-corrected chi connectivity index (χ3v) is 4.33. The zero-order chi connectivity index (χ0) is 26.4. The number of hydrogen-bond donors (Lipinski definition) is 2. The Morgan fingerprint density at radius 2 is 1.74 bits per heavy atom. The number of benzene rings is 2. The second-order valence-electron chi connectivity index (χ2n) is 7.04. The van der Waals surface area contributed by atoms with Crippen molar-refractivity contribution in [1.82, 2.24) is 9.78 Å². The molecule has 14 heteroatoms. The van der Waals surface area contributed by atoms with Crippen molar-refractivity contribution < 1.29 is 51.5 Å². The standard InChI is InChI=1S/C19H19F3N4O2.C2HF3O2/c1-26-15-10-12(6-7-14(15)18(25-26)24-17(27)8-9-23)13-4-2-3-5-16(13)28-11-19(20,21)22;3-2(4,5)1(6)7/h2-7,10H,8-9,11,23H2,1H3,(H,24,25,27);(H,6,7). The van der Waals surface area contributed by atoms with Crippen LogP contribution in [0.5, 0.6) is 5.75 Å². The summed E-state index contributed by atoms with van der Waals surface area (Å²) in [5, 5.41) is 16.6. The highest BCUT2D eigenvalue weighted by atomic mass is 19.4. The van der Waals surface area contributed by atoms with E-state index >= 15 is 0 Å². The van der Waals surface area contributed by atoms with E-state index in [0.717, 1.165) is 10.9 Å². The summed E-state index contributed by atoms with van der Waals surface area (Å²) >= 11 is 0. The first-order valence-corrected chi connectivity index (χ1v) is 9.86. The van der Waals surface area contributed by atoms with Crippen LogP contribution in [0.4, 0.5) is 32.2 Å². The smallest absolute Gasteiger partial charge is 0.430 e. The summed E-state index contributed by atoms with van der Waals surface area (Å²) in [6.07, 6.45) is -9.32. The number of carboxylic acids is 1. The quantitative estimate of drug-likeness (QED) is 0.496. The third kappa shape index (κ3) is 7.88. The lowest BCUT2D eigenvalue weighted by atomic mass is 10.0. The Balaban J connectivity index is 0.000000540. The number of fused-ring (bicyclic) bond motifs is 1. The second-order valence-corrected chi connectivity index (χ2v) is 7.04. The van der Waals surface area contributed by atoms with Crippen molar-refractivity contribution in [3.05, 3.63) is 42.5 Å². The van der Waals surface area contributed by atoms with Crippen LogP contribution in [0.15, 0.2) is 42.5 Å². The van der Waals surface area contributed by atoms with Crippen LogP contribution in [0.3, 0.4) is 0 Å². The minimum absolute atomic E-state index is 0.144. The summed E-state index contributed by atoms with van der Waals surface area (Å²) in [4.78, 5) is 20.6. The summed E-state index contributed by atoms with van der Waals surface area (Å²) in [6, 6.07) is 11.9. The molecule has 35 heavy (non-hydrogen) atoms. The number of nitrogens with one attached hydrogen (secondary N) is 1. The van der Waals surface area contributed by atoms with Crippen LogP contribution < -0.4 is 20.9 Å². The maximum atomic E-state index is 12.5. The lowest BCUT2D eigenvalue weighted by molar-refractivity contribution is -0.366. The summed E-state index contributed by atoms with van der Waals surface area (Å²) in [7, 11) is 1.73. The van der Waals surface area contributed by atoms with Gasteiger partial charge in [-0.05, 0) is 23.8 Å². The number of halogens is 6. The van der Waals surface area contributed by atoms with E-state index in [-0.39, 0.29) is 11.7 Å². The van der Waals surface area contributed by atoms with Crippen molar-refractivity contribution in [2.24, 2.45) is 7.05 Å². The molecule has 0 aliphatic heterocycles. The van der Waals surface area contributed by atoms with Gasteiger partial charge in [0.25, 0.3) is 0 Å². The zero-order valence-corrected chi connectivity index (χ0v) is 18.2. The van der Waals surface area contributed by atoms with Crippen LogP contribution >= 0.6 is 0 Å². The Morgan fingerprint density at radius 3 is 2.31 bits per heavy atom. The summed E-state index contributed by atoms with van der Waals surface area (Å²) in [5.74, 6) is -2.60. The van der Waals surface area contributed by atoms with Crippen molar-refractivity contribution in [2.45, 2.75) is 18.8 Å². The first-order chi connectivity index (χ1) is 16.2. The number of quaternary nitrogens is 1. The van der Waals surface area contributed by atoms with Crippen molar-refractivity contribution in [1.29, 1.82) is 0 Å². The first kappa shape index (κ1) is 27.4. The number of ether oxygens (including phenoxy) is 1. The van der Waals surface area contributed by atoms with E-state index in [1.807, 2.05) is 0 Å². The predicted molar refractivity (Wildman–Crippen MR) is 110 cm³/mol. The van der Waals surface area contributed by atoms with Gasteiger partial charge in [0.15, 0.2) is 12.4 Å². The number of nitrogens with zero attached hydrogens (tertiary/aromatic N) is 2. The SMILES string of the molecule is Cn1nc(NC(=O)CC[NH3+])c2ccc(-c3ccccc3OCC(F)(F)F)cc21.O=C([O-])C(F)(F)F. The molecule has 8 nitrogen and oxygen atoms in total. The lowest BCUT2D eigenvalue weighted by Gasteiger charge is -2.13. The molecular formula is C21H20F6N4O4. The summed E-state index contributed by atoms with van der Waals surface area (Å²) in [5.41, 5.74) is 5.60. The van der Waals surface area contributed by atoms with Gasteiger partial charge in [0, 0.05) is 18.0 Å². The molecule has 0 aliphatic rings. The molecule has 0 saturated heterocycles. The fraction of sp³-hybridized carbons (Fsp3) is 0.286. The van der Waals surface area contributed by atoms with Gasteiger partial charge >= 0.3 is 12.4 Å². The van der Waals surface area contributed by atoms with Gasteiger partial charge in [0.1, 0.15) is 11.7 Å². The number of alkyl halides is 6. The van der Waals surface area contributed by atoms with Crippen LogP contribution in [0, 0.1) is 0 Å². The van der Waals surface area contributed by atoms with E-state index in [2.05, 4.69) is 16.1 Å². The number of aliphatic carboxylic acids is 1. The fourth-order valence-electron chi connectivity index (χ4n) is 2.86. The number of amides is 1. The number of carbonyl (C=O) groups excluding carboxylic acids is 2.